The number of benzene rings is 1. The lowest BCUT2D eigenvalue weighted by Crippen LogP contribution is -2.44. The van der Waals surface area contributed by atoms with Crippen LogP contribution < -0.4 is 4.90 Å². The number of nitriles is 2. The summed E-state index contributed by atoms with van der Waals surface area (Å²) in [6.45, 7) is 3.32. The van der Waals surface area contributed by atoms with E-state index < -0.39 is 0 Å². The van der Waals surface area contributed by atoms with Crippen molar-refractivity contribution in [2.24, 2.45) is 0 Å². The zero-order chi connectivity index (χ0) is 14.5. The fourth-order valence-corrected chi connectivity index (χ4v) is 2.17. The van der Waals surface area contributed by atoms with Gasteiger partial charge in [0.05, 0.1) is 5.69 Å². The number of nitrogens with zero attached hydrogens (tertiary/aromatic N) is 4. The van der Waals surface area contributed by atoms with Gasteiger partial charge < -0.3 is 9.80 Å². The number of halogens is 1. The molecule has 0 aliphatic carbocycles. The Morgan fingerprint density at radius 3 is 2.45 bits per heavy atom. The summed E-state index contributed by atoms with van der Waals surface area (Å²) < 4.78 is 13.9. The molecule has 4 nitrogen and oxygen atoms in total. The monoisotopic (exact) mass is 270 g/mol. The minimum absolute atomic E-state index is 0.0148. The Hall–Kier alpha value is -2.37. The van der Waals surface area contributed by atoms with Crippen molar-refractivity contribution in [3.63, 3.8) is 0 Å². The molecule has 0 N–H and O–H groups in total. The average molecular weight is 270 g/mol. The second-order valence-electron chi connectivity index (χ2n) is 4.78. The Bertz CT molecular complexity index is 585. The zero-order valence-electron chi connectivity index (χ0n) is 11.3. The number of allylic oxidation sites excluding steroid dienone is 1. The van der Waals surface area contributed by atoms with E-state index in [1.54, 1.807) is 24.3 Å². The Balaban J connectivity index is 2.28. The van der Waals surface area contributed by atoms with Gasteiger partial charge in [-0.1, -0.05) is 6.07 Å². The van der Waals surface area contributed by atoms with Crippen molar-refractivity contribution >= 4 is 11.8 Å². The summed E-state index contributed by atoms with van der Waals surface area (Å²) in [4.78, 5) is 4.19. The van der Waals surface area contributed by atoms with Gasteiger partial charge in [-0.05, 0) is 30.8 Å². The highest BCUT2D eigenvalue weighted by molar-refractivity contribution is 5.66. The van der Waals surface area contributed by atoms with Gasteiger partial charge in [-0.2, -0.15) is 10.5 Å². The van der Waals surface area contributed by atoms with Crippen molar-refractivity contribution in [2.45, 2.75) is 0 Å². The lowest BCUT2D eigenvalue weighted by molar-refractivity contribution is 0.311. The first-order chi connectivity index (χ1) is 9.63. The van der Waals surface area contributed by atoms with Gasteiger partial charge in [0.1, 0.15) is 23.5 Å². The summed E-state index contributed by atoms with van der Waals surface area (Å²) >= 11 is 0. The highest BCUT2D eigenvalue weighted by atomic mass is 19.1. The van der Waals surface area contributed by atoms with E-state index in [9.17, 15) is 4.39 Å². The Morgan fingerprint density at radius 1 is 1.20 bits per heavy atom. The first-order valence-corrected chi connectivity index (χ1v) is 6.39. The molecule has 1 aliphatic heterocycles. The molecule has 1 aromatic rings. The van der Waals surface area contributed by atoms with Gasteiger partial charge in [0, 0.05) is 26.2 Å². The van der Waals surface area contributed by atoms with E-state index in [1.807, 2.05) is 11.9 Å². The summed E-state index contributed by atoms with van der Waals surface area (Å²) in [5.41, 5.74) is 1.21. The maximum absolute atomic E-state index is 13.9. The van der Waals surface area contributed by atoms with Crippen LogP contribution in [0.15, 0.2) is 23.8 Å². The fourth-order valence-electron chi connectivity index (χ4n) is 2.17. The predicted molar refractivity (Wildman–Crippen MR) is 75.3 cm³/mol. The molecule has 1 saturated heterocycles. The van der Waals surface area contributed by atoms with Crippen molar-refractivity contribution in [1.82, 2.24) is 4.90 Å². The summed E-state index contributed by atoms with van der Waals surface area (Å²) in [5, 5.41) is 17.5. The number of likely N-dealkylation sites (N-methyl/N-ethyl adjacent to an activating group) is 1. The molecule has 0 aromatic heterocycles. The molecule has 1 aromatic carbocycles. The molecule has 0 spiro atoms. The molecule has 20 heavy (non-hydrogen) atoms. The minimum Gasteiger partial charge on any atom is -0.367 e. The van der Waals surface area contributed by atoms with E-state index in [-0.39, 0.29) is 11.4 Å². The lowest BCUT2D eigenvalue weighted by Gasteiger charge is -2.34. The van der Waals surface area contributed by atoms with Crippen molar-refractivity contribution in [2.75, 3.05) is 38.1 Å². The maximum atomic E-state index is 13.9. The predicted octanol–water partition coefficient (Wildman–Crippen LogP) is 2.01. The Kier molecular flexibility index (Phi) is 4.34. The second-order valence-corrected chi connectivity index (χ2v) is 4.78. The van der Waals surface area contributed by atoms with Gasteiger partial charge in [-0.15, -0.1) is 0 Å². The van der Waals surface area contributed by atoms with Crippen LogP contribution in [0.2, 0.25) is 0 Å². The van der Waals surface area contributed by atoms with E-state index in [0.717, 1.165) is 26.2 Å². The van der Waals surface area contributed by atoms with Crippen molar-refractivity contribution < 1.29 is 4.39 Å². The maximum Gasteiger partial charge on any atom is 0.146 e. The zero-order valence-corrected chi connectivity index (χ0v) is 11.3. The van der Waals surface area contributed by atoms with Crippen LogP contribution in [0.25, 0.3) is 6.08 Å². The van der Waals surface area contributed by atoms with Gasteiger partial charge in [0.15, 0.2) is 0 Å². The van der Waals surface area contributed by atoms with Crippen molar-refractivity contribution in [1.29, 1.82) is 10.5 Å². The van der Waals surface area contributed by atoms with Gasteiger partial charge in [0.25, 0.3) is 0 Å². The van der Waals surface area contributed by atoms with Gasteiger partial charge >= 0.3 is 0 Å². The molecule has 1 aliphatic rings. The van der Waals surface area contributed by atoms with Crippen LogP contribution in [0.4, 0.5) is 10.1 Å². The molecule has 0 amide bonds. The van der Waals surface area contributed by atoms with Crippen LogP contribution >= 0.6 is 0 Å². The Labute approximate surface area is 117 Å². The normalized spacial score (nSPS) is 15.3. The first kappa shape index (κ1) is 14.0. The molecule has 0 bridgehead atoms. The van der Waals surface area contributed by atoms with Crippen molar-refractivity contribution in [3.8, 4) is 12.1 Å². The second kappa shape index (κ2) is 6.18. The van der Waals surface area contributed by atoms with Crippen LogP contribution in [-0.2, 0) is 0 Å². The van der Waals surface area contributed by atoms with E-state index >= 15 is 0 Å². The molecular weight excluding hydrogens is 255 g/mol. The molecule has 1 heterocycles. The summed E-state index contributed by atoms with van der Waals surface area (Å²) in [5.74, 6) is -0.276. The smallest absolute Gasteiger partial charge is 0.146 e. The van der Waals surface area contributed by atoms with Crippen molar-refractivity contribution in [3.05, 3.63) is 35.2 Å². The topological polar surface area (TPSA) is 54.1 Å². The van der Waals surface area contributed by atoms with Crippen LogP contribution in [-0.4, -0.2) is 38.1 Å². The van der Waals surface area contributed by atoms with Gasteiger partial charge in [-0.25, -0.2) is 4.39 Å². The van der Waals surface area contributed by atoms with Crippen LogP contribution in [0.3, 0.4) is 0 Å². The molecule has 0 radical (unpaired) electrons. The number of hydrogen-bond donors (Lipinski definition) is 0. The van der Waals surface area contributed by atoms with Crippen LogP contribution in [0.5, 0.6) is 0 Å². The quantitative estimate of drug-likeness (QED) is 0.771. The van der Waals surface area contributed by atoms with E-state index in [2.05, 4.69) is 4.90 Å². The van der Waals surface area contributed by atoms with Crippen LogP contribution in [0, 0.1) is 28.5 Å². The number of anilines is 1. The van der Waals surface area contributed by atoms with E-state index in [1.165, 1.54) is 12.1 Å². The molecule has 5 heteroatoms. The average Bonchev–Trinajstić information content (AvgIpc) is 2.47. The largest absolute Gasteiger partial charge is 0.367 e. The Morgan fingerprint density at radius 2 is 1.85 bits per heavy atom. The van der Waals surface area contributed by atoms with Crippen LogP contribution in [0.1, 0.15) is 5.56 Å². The highest BCUT2D eigenvalue weighted by Gasteiger charge is 2.17. The first-order valence-electron chi connectivity index (χ1n) is 6.39. The number of piperazine rings is 1. The molecule has 1 fully saturated rings. The SMILES string of the molecule is CN1CCN(c2cc(C=C(C#N)C#N)ccc2F)CC1. The van der Waals surface area contributed by atoms with Gasteiger partial charge in [0.2, 0.25) is 0 Å². The highest BCUT2D eigenvalue weighted by Crippen LogP contribution is 2.23. The molecule has 102 valence electrons. The molecule has 0 saturated carbocycles. The molecular formula is C15H15FN4. The third-order valence-corrected chi connectivity index (χ3v) is 3.37. The minimum atomic E-state index is -0.276. The van der Waals surface area contributed by atoms with E-state index in [0.29, 0.717) is 11.3 Å². The van der Waals surface area contributed by atoms with E-state index in [4.69, 9.17) is 10.5 Å². The summed E-state index contributed by atoms with van der Waals surface area (Å²) in [7, 11) is 2.04. The molecule has 0 atom stereocenters. The number of hydrogen-bond acceptors (Lipinski definition) is 4. The standard InChI is InChI=1S/C15H15FN4/c1-19-4-6-20(7-5-19)15-9-12(2-3-14(15)16)8-13(10-17)11-18/h2-3,8-9H,4-7H2,1H3. The number of rotatable bonds is 2. The third kappa shape index (κ3) is 3.14. The van der Waals surface area contributed by atoms with Gasteiger partial charge in [-0.3, -0.25) is 0 Å². The lowest BCUT2D eigenvalue weighted by atomic mass is 10.1. The fraction of sp³-hybridized carbons (Fsp3) is 0.333. The molecule has 0 unspecified atom stereocenters. The molecule has 2 rings (SSSR count). The third-order valence-electron chi connectivity index (χ3n) is 3.37. The summed E-state index contributed by atoms with van der Waals surface area (Å²) in [6.07, 6.45) is 1.47. The summed E-state index contributed by atoms with van der Waals surface area (Å²) in [6, 6.07) is 8.25.